The van der Waals surface area contributed by atoms with Crippen LogP contribution in [0.4, 0.5) is 0 Å². The summed E-state index contributed by atoms with van der Waals surface area (Å²) in [5.41, 5.74) is 0.822. The Morgan fingerprint density at radius 1 is 1.07 bits per heavy atom. The van der Waals surface area contributed by atoms with Gasteiger partial charge in [0.15, 0.2) is 0 Å². The Morgan fingerprint density at radius 2 is 1.67 bits per heavy atom. The zero-order valence-corrected chi connectivity index (χ0v) is 16.5. The van der Waals surface area contributed by atoms with E-state index in [4.69, 9.17) is 9.47 Å². The molecule has 2 aliphatic rings. The topological polar surface area (TPSA) is 55.8 Å². The number of piperidine rings is 1. The summed E-state index contributed by atoms with van der Waals surface area (Å²) in [5.74, 6) is -0.356. The summed E-state index contributed by atoms with van der Waals surface area (Å²) < 4.78 is 10.8. The third kappa shape index (κ3) is 3.53. The molecule has 1 aromatic rings. The smallest absolute Gasteiger partial charge is 0.332 e. The predicted octanol–water partition coefficient (Wildman–Crippen LogP) is 3.18. The SMILES string of the molecule is CCOC(=O)C1(C(=O)OCC)C(CN2CCC(C)CC2)=Cc2ccccc21. The Balaban J connectivity index is 2.03. The lowest BCUT2D eigenvalue weighted by Gasteiger charge is -2.35. The number of rotatable bonds is 6. The third-order valence-corrected chi connectivity index (χ3v) is 5.61. The van der Waals surface area contributed by atoms with Gasteiger partial charge in [0.2, 0.25) is 5.41 Å². The first kappa shape index (κ1) is 19.6. The second-order valence-electron chi connectivity index (χ2n) is 7.41. The van der Waals surface area contributed by atoms with Crippen molar-refractivity contribution in [3.05, 3.63) is 41.0 Å². The molecular formula is C22H29NO4. The summed E-state index contributed by atoms with van der Waals surface area (Å²) in [6, 6.07) is 7.55. The fourth-order valence-electron chi connectivity index (χ4n) is 4.10. The molecule has 27 heavy (non-hydrogen) atoms. The van der Waals surface area contributed by atoms with E-state index < -0.39 is 17.4 Å². The van der Waals surface area contributed by atoms with Crippen molar-refractivity contribution in [1.29, 1.82) is 0 Å². The van der Waals surface area contributed by atoms with Crippen molar-refractivity contribution in [1.82, 2.24) is 4.90 Å². The molecule has 5 heteroatoms. The first-order chi connectivity index (χ1) is 13.0. The highest BCUT2D eigenvalue weighted by Gasteiger charge is 2.57. The molecule has 3 rings (SSSR count). The number of hydrogen-bond donors (Lipinski definition) is 0. The molecule has 0 radical (unpaired) electrons. The van der Waals surface area contributed by atoms with E-state index in [1.807, 2.05) is 30.3 Å². The van der Waals surface area contributed by atoms with E-state index >= 15 is 0 Å². The molecule has 146 valence electrons. The summed E-state index contributed by atoms with van der Waals surface area (Å²) in [5, 5.41) is 0. The lowest BCUT2D eigenvalue weighted by molar-refractivity contribution is -0.162. The second-order valence-corrected chi connectivity index (χ2v) is 7.41. The number of carbonyl (C=O) groups excluding carboxylic acids is 2. The maximum absolute atomic E-state index is 13.2. The molecule has 0 unspecified atom stereocenters. The molecule has 0 N–H and O–H groups in total. The largest absolute Gasteiger partial charge is 0.465 e. The fraction of sp³-hybridized carbons (Fsp3) is 0.545. The molecule has 0 amide bonds. The van der Waals surface area contributed by atoms with Gasteiger partial charge < -0.3 is 9.47 Å². The molecule has 0 bridgehead atoms. The van der Waals surface area contributed by atoms with Crippen molar-refractivity contribution >= 4 is 18.0 Å². The van der Waals surface area contributed by atoms with Crippen molar-refractivity contribution in [2.24, 2.45) is 5.92 Å². The number of likely N-dealkylation sites (tertiary alicyclic amines) is 1. The van der Waals surface area contributed by atoms with Gasteiger partial charge in [0.05, 0.1) is 13.2 Å². The van der Waals surface area contributed by atoms with Crippen molar-refractivity contribution in [2.45, 2.75) is 39.0 Å². The van der Waals surface area contributed by atoms with Crippen LogP contribution in [0.15, 0.2) is 29.8 Å². The first-order valence-corrected chi connectivity index (χ1v) is 9.91. The summed E-state index contributed by atoms with van der Waals surface area (Å²) in [6.45, 7) is 8.73. The molecule has 0 atom stereocenters. The number of fused-ring (bicyclic) bond motifs is 1. The lowest BCUT2D eigenvalue weighted by Crippen LogP contribution is -2.49. The van der Waals surface area contributed by atoms with Gasteiger partial charge in [-0.05, 0) is 62.4 Å². The normalized spacial score (nSPS) is 19.3. The van der Waals surface area contributed by atoms with E-state index in [2.05, 4.69) is 11.8 Å². The first-order valence-electron chi connectivity index (χ1n) is 9.91. The molecule has 0 saturated carbocycles. The molecule has 1 heterocycles. The van der Waals surface area contributed by atoms with Crippen LogP contribution in [0.2, 0.25) is 0 Å². The highest BCUT2D eigenvalue weighted by Crippen LogP contribution is 2.44. The van der Waals surface area contributed by atoms with E-state index in [-0.39, 0.29) is 13.2 Å². The Bertz CT molecular complexity index is 714. The minimum Gasteiger partial charge on any atom is -0.465 e. The average Bonchev–Trinajstić information content (AvgIpc) is 2.98. The van der Waals surface area contributed by atoms with E-state index in [0.717, 1.165) is 43.0 Å². The number of benzene rings is 1. The van der Waals surface area contributed by atoms with Crippen LogP contribution in [0, 0.1) is 5.92 Å². The second kappa shape index (κ2) is 8.26. The molecule has 1 aliphatic carbocycles. The molecular weight excluding hydrogens is 342 g/mol. The Kier molecular flexibility index (Phi) is 6.00. The minimum atomic E-state index is -1.49. The Labute approximate surface area is 161 Å². The van der Waals surface area contributed by atoms with Gasteiger partial charge in [0, 0.05) is 6.54 Å². The van der Waals surface area contributed by atoms with Gasteiger partial charge in [-0.15, -0.1) is 0 Å². The van der Waals surface area contributed by atoms with Crippen LogP contribution in [0.1, 0.15) is 44.7 Å². The number of carbonyl (C=O) groups is 2. The van der Waals surface area contributed by atoms with Gasteiger partial charge in [0.1, 0.15) is 0 Å². The number of esters is 2. The minimum absolute atomic E-state index is 0.219. The highest BCUT2D eigenvalue weighted by molar-refractivity contribution is 6.13. The summed E-state index contributed by atoms with van der Waals surface area (Å²) >= 11 is 0. The number of nitrogens with zero attached hydrogens (tertiary/aromatic N) is 1. The van der Waals surface area contributed by atoms with Crippen LogP contribution in [0.25, 0.3) is 6.08 Å². The van der Waals surface area contributed by atoms with Crippen LogP contribution in [0.5, 0.6) is 0 Å². The van der Waals surface area contributed by atoms with Crippen LogP contribution >= 0.6 is 0 Å². The maximum atomic E-state index is 13.2. The van der Waals surface area contributed by atoms with Crippen LogP contribution in [0.3, 0.4) is 0 Å². The maximum Gasteiger partial charge on any atom is 0.332 e. The molecule has 1 saturated heterocycles. The molecule has 1 aliphatic heterocycles. The van der Waals surface area contributed by atoms with Crippen molar-refractivity contribution in [3.63, 3.8) is 0 Å². The third-order valence-electron chi connectivity index (χ3n) is 5.61. The Morgan fingerprint density at radius 3 is 2.26 bits per heavy atom. The van der Waals surface area contributed by atoms with Gasteiger partial charge in [-0.1, -0.05) is 37.3 Å². The van der Waals surface area contributed by atoms with E-state index in [1.54, 1.807) is 13.8 Å². The fourth-order valence-corrected chi connectivity index (χ4v) is 4.10. The van der Waals surface area contributed by atoms with E-state index in [0.29, 0.717) is 12.1 Å². The number of hydrogen-bond acceptors (Lipinski definition) is 5. The van der Waals surface area contributed by atoms with Crippen molar-refractivity contribution < 1.29 is 19.1 Å². The quantitative estimate of drug-likeness (QED) is 0.568. The average molecular weight is 371 g/mol. The standard InChI is InChI=1S/C22H29NO4/c1-4-26-20(24)22(21(25)27-5-2)18(14-17-8-6-7-9-19(17)22)15-23-12-10-16(3)11-13-23/h6-9,14,16H,4-5,10-13,15H2,1-3H3. The van der Waals surface area contributed by atoms with Crippen LogP contribution in [-0.2, 0) is 24.5 Å². The van der Waals surface area contributed by atoms with Gasteiger partial charge in [0.25, 0.3) is 0 Å². The molecule has 0 aromatic heterocycles. The van der Waals surface area contributed by atoms with E-state index in [1.165, 1.54) is 0 Å². The summed E-state index contributed by atoms with van der Waals surface area (Å²) in [6.07, 6.45) is 4.24. The summed E-state index contributed by atoms with van der Waals surface area (Å²) in [7, 11) is 0. The van der Waals surface area contributed by atoms with E-state index in [9.17, 15) is 9.59 Å². The van der Waals surface area contributed by atoms with Gasteiger partial charge in [-0.3, -0.25) is 14.5 Å². The zero-order chi connectivity index (χ0) is 19.4. The van der Waals surface area contributed by atoms with Gasteiger partial charge >= 0.3 is 11.9 Å². The van der Waals surface area contributed by atoms with Gasteiger partial charge in [-0.25, -0.2) is 0 Å². The molecule has 1 aromatic carbocycles. The van der Waals surface area contributed by atoms with Crippen LogP contribution < -0.4 is 0 Å². The zero-order valence-electron chi connectivity index (χ0n) is 16.5. The lowest BCUT2D eigenvalue weighted by atomic mass is 9.76. The monoisotopic (exact) mass is 371 g/mol. The predicted molar refractivity (Wildman–Crippen MR) is 104 cm³/mol. The molecule has 1 fully saturated rings. The molecule has 0 spiro atoms. The molecule has 5 nitrogen and oxygen atoms in total. The summed E-state index contributed by atoms with van der Waals surface area (Å²) in [4.78, 5) is 28.7. The van der Waals surface area contributed by atoms with Crippen molar-refractivity contribution in [3.8, 4) is 0 Å². The van der Waals surface area contributed by atoms with Crippen molar-refractivity contribution in [2.75, 3.05) is 32.8 Å². The van der Waals surface area contributed by atoms with Gasteiger partial charge in [-0.2, -0.15) is 0 Å². The van der Waals surface area contributed by atoms with Crippen LogP contribution in [-0.4, -0.2) is 49.7 Å². The highest BCUT2D eigenvalue weighted by atomic mass is 16.6. The number of ether oxygens (including phenoxy) is 2. The Hall–Kier alpha value is -2.14.